The summed E-state index contributed by atoms with van der Waals surface area (Å²) in [6.07, 6.45) is 0.882. The molecule has 0 saturated carbocycles. The fraction of sp³-hybridized carbons (Fsp3) is 0.308. The molecule has 4 nitrogen and oxygen atoms in total. The number of rotatable bonds is 2. The first-order chi connectivity index (χ1) is 8.07. The molecule has 0 aliphatic heterocycles. The zero-order valence-corrected chi connectivity index (χ0v) is 10.4. The van der Waals surface area contributed by atoms with Gasteiger partial charge in [-0.2, -0.15) is 0 Å². The number of hydrogen-bond acceptors (Lipinski definition) is 2. The molecule has 0 radical (unpaired) electrons. The lowest BCUT2D eigenvalue weighted by Crippen LogP contribution is -2.21. The van der Waals surface area contributed by atoms with Crippen LogP contribution in [0, 0.1) is 6.92 Å². The Hall–Kier alpha value is -1.97. The van der Waals surface area contributed by atoms with E-state index in [1.165, 1.54) is 0 Å². The van der Waals surface area contributed by atoms with Crippen LogP contribution in [0.1, 0.15) is 18.2 Å². The molecule has 4 heteroatoms. The molecule has 1 aromatic carbocycles. The first-order valence-electron chi connectivity index (χ1n) is 5.70. The molecule has 0 amide bonds. The maximum absolute atomic E-state index is 12.1. The molecule has 2 N–H and O–H groups in total. The van der Waals surface area contributed by atoms with E-state index >= 15 is 0 Å². The lowest BCUT2D eigenvalue weighted by Gasteiger charge is -2.11. The second kappa shape index (κ2) is 4.13. The number of aromatic nitrogens is 2. The fourth-order valence-electron chi connectivity index (χ4n) is 2.02. The molecule has 0 aliphatic carbocycles. The van der Waals surface area contributed by atoms with Gasteiger partial charge in [0.15, 0.2) is 0 Å². The zero-order chi connectivity index (χ0) is 12.6. The lowest BCUT2D eigenvalue weighted by atomic mass is 10.1. The highest BCUT2D eigenvalue weighted by atomic mass is 16.1. The molecule has 1 heterocycles. The SMILES string of the molecule is CCc1ccccc1-n1c(=O)c(N)c(C)n1C. The topological polar surface area (TPSA) is 52.9 Å². The Kier molecular flexibility index (Phi) is 2.79. The van der Waals surface area contributed by atoms with Crippen LogP contribution in [0.5, 0.6) is 0 Å². The van der Waals surface area contributed by atoms with E-state index in [0.29, 0.717) is 5.69 Å². The van der Waals surface area contributed by atoms with Crippen LogP contribution >= 0.6 is 0 Å². The predicted octanol–water partition coefficient (Wildman–Crippen LogP) is 1.63. The van der Waals surface area contributed by atoms with Crippen molar-refractivity contribution in [2.45, 2.75) is 20.3 Å². The van der Waals surface area contributed by atoms with Crippen LogP contribution in [0.2, 0.25) is 0 Å². The van der Waals surface area contributed by atoms with Crippen molar-refractivity contribution < 1.29 is 0 Å². The van der Waals surface area contributed by atoms with Crippen LogP contribution in [0.3, 0.4) is 0 Å². The van der Waals surface area contributed by atoms with E-state index in [1.807, 2.05) is 38.2 Å². The molecular formula is C13H17N3O. The Bertz CT molecular complexity index is 608. The fourth-order valence-corrected chi connectivity index (χ4v) is 2.02. The summed E-state index contributed by atoms with van der Waals surface area (Å²) in [5.74, 6) is 0. The number of anilines is 1. The Morgan fingerprint density at radius 2 is 1.94 bits per heavy atom. The average Bonchev–Trinajstić information content (AvgIpc) is 2.54. The van der Waals surface area contributed by atoms with E-state index < -0.39 is 0 Å². The standard InChI is InChI=1S/C13H17N3O/c1-4-10-7-5-6-8-11(10)16-13(17)12(14)9(2)15(16)3/h5-8H,4,14H2,1-3H3. The third-order valence-corrected chi connectivity index (χ3v) is 3.20. The molecule has 90 valence electrons. The van der Waals surface area contributed by atoms with E-state index in [2.05, 4.69) is 6.92 Å². The van der Waals surface area contributed by atoms with Gasteiger partial charge in [-0.05, 0) is 25.0 Å². The minimum absolute atomic E-state index is 0.147. The van der Waals surface area contributed by atoms with Gasteiger partial charge in [0.2, 0.25) is 0 Å². The van der Waals surface area contributed by atoms with Crippen LogP contribution in [0.15, 0.2) is 29.1 Å². The van der Waals surface area contributed by atoms with Crippen molar-refractivity contribution in [3.8, 4) is 5.69 Å². The molecule has 0 aliphatic rings. The van der Waals surface area contributed by atoms with Crippen molar-refractivity contribution in [2.75, 3.05) is 5.73 Å². The number of nitrogen functional groups attached to an aromatic ring is 1. The summed E-state index contributed by atoms with van der Waals surface area (Å²) in [5.41, 5.74) is 8.78. The normalized spacial score (nSPS) is 10.8. The van der Waals surface area contributed by atoms with Gasteiger partial charge in [0, 0.05) is 7.05 Å². The first kappa shape index (κ1) is 11.5. The van der Waals surface area contributed by atoms with E-state index in [0.717, 1.165) is 23.4 Å². The Morgan fingerprint density at radius 3 is 2.47 bits per heavy atom. The largest absolute Gasteiger partial charge is 0.393 e. The average molecular weight is 231 g/mol. The molecule has 0 atom stereocenters. The molecular weight excluding hydrogens is 214 g/mol. The smallest absolute Gasteiger partial charge is 0.294 e. The number of aryl methyl sites for hydroxylation is 1. The molecule has 0 saturated heterocycles. The van der Waals surface area contributed by atoms with Crippen molar-refractivity contribution in [1.29, 1.82) is 0 Å². The lowest BCUT2D eigenvalue weighted by molar-refractivity contribution is 0.626. The van der Waals surface area contributed by atoms with Crippen molar-refractivity contribution in [3.05, 3.63) is 45.9 Å². The molecule has 2 rings (SSSR count). The molecule has 0 fully saturated rings. The summed E-state index contributed by atoms with van der Waals surface area (Å²) >= 11 is 0. The Morgan fingerprint density at radius 1 is 1.29 bits per heavy atom. The maximum Gasteiger partial charge on any atom is 0.294 e. The zero-order valence-electron chi connectivity index (χ0n) is 10.4. The van der Waals surface area contributed by atoms with Crippen LogP contribution in [-0.4, -0.2) is 9.36 Å². The number of hydrogen-bond donors (Lipinski definition) is 1. The van der Waals surface area contributed by atoms with Crippen LogP contribution in [0.4, 0.5) is 5.69 Å². The first-order valence-corrected chi connectivity index (χ1v) is 5.70. The van der Waals surface area contributed by atoms with Gasteiger partial charge in [0.25, 0.3) is 5.56 Å². The van der Waals surface area contributed by atoms with Crippen molar-refractivity contribution >= 4 is 5.69 Å². The molecule has 0 spiro atoms. The van der Waals surface area contributed by atoms with E-state index in [1.54, 1.807) is 9.36 Å². The minimum Gasteiger partial charge on any atom is -0.393 e. The maximum atomic E-state index is 12.1. The van der Waals surface area contributed by atoms with Gasteiger partial charge >= 0.3 is 0 Å². The van der Waals surface area contributed by atoms with Crippen LogP contribution in [0.25, 0.3) is 5.69 Å². The summed E-state index contributed by atoms with van der Waals surface area (Å²) in [6.45, 7) is 3.92. The third-order valence-electron chi connectivity index (χ3n) is 3.20. The van der Waals surface area contributed by atoms with Crippen molar-refractivity contribution in [3.63, 3.8) is 0 Å². The monoisotopic (exact) mass is 231 g/mol. The van der Waals surface area contributed by atoms with Gasteiger partial charge in [-0.25, -0.2) is 4.68 Å². The third kappa shape index (κ3) is 1.65. The van der Waals surface area contributed by atoms with Crippen LogP contribution in [-0.2, 0) is 13.5 Å². The Balaban J connectivity index is 2.78. The highest BCUT2D eigenvalue weighted by Gasteiger charge is 2.14. The second-order valence-corrected chi connectivity index (χ2v) is 4.12. The van der Waals surface area contributed by atoms with Gasteiger partial charge in [0.05, 0.1) is 11.4 Å². The van der Waals surface area contributed by atoms with Gasteiger partial charge in [-0.1, -0.05) is 25.1 Å². The van der Waals surface area contributed by atoms with Gasteiger partial charge in [-0.15, -0.1) is 0 Å². The highest BCUT2D eigenvalue weighted by Crippen LogP contribution is 2.16. The molecule has 0 unspecified atom stereocenters. The van der Waals surface area contributed by atoms with Crippen molar-refractivity contribution in [1.82, 2.24) is 9.36 Å². The molecule has 17 heavy (non-hydrogen) atoms. The molecule has 2 aromatic rings. The second-order valence-electron chi connectivity index (χ2n) is 4.12. The summed E-state index contributed by atoms with van der Waals surface area (Å²) in [7, 11) is 1.85. The number of nitrogens with two attached hydrogens (primary N) is 1. The molecule has 0 bridgehead atoms. The van der Waals surface area contributed by atoms with E-state index in [4.69, 9.17) is 5.73 Å². The predicted molar refractivity (Wildman–Crippen MR) is 69.5 cm³/mol. The summed E-state index contributed by atoms with van der Waals surface area (Å²) < 4.78 is 3.43. The quantitative estimate of drug-likeness (QED) is 0.854. The summed E-state index contributed by atoms with van der Waals surface area (Å²) in [6, 6.07) is 7.88. The highest BCUT2D eigenvalue weighted by molar-refractivity contribution is 5.47. The van der Waals surface area contributed by atoms with Crippen LogP contribution < -0.4 is 11.3 Å². The molecule has 1 aromatic heterocycles. The van der Waals surface area contributed by atoms with Gasteiger partial charge < -0.3 is 5.73 Å². The number of para-hydroxylation sites is 1. The summed E-state index contributed by atoms with van der Waals surface area (Å²) in [5, 5.41) is 0. The van der Waals surface area contributed by atoms with Crippen molar-refractivity contribution in [2.24, 2.45) is 7.05 Å². The van der Waals surface area contributed by atoms with Gasteiger partial charge in [-0.3, -0.25) is 9.48 Å². The van der Waals surface area contributed by atoms with Gasteiger partial charge in [0.1, 0.15) is 5.69 Å². The van der Waals surface area contributed by atoms with E-state index in [-0.39, 0.29) is 5.56 Å². The summed E-state index contributed by atoms with van der Waals surface area (Å²) in [4.78, 5) is 12.1. The number of benzene rings is 1. The number of nitrogens with zero attached hydrogens (tertiary/aromatic N) is 2. The minimum atomic E-state index is -0.147. The van der Waals surface area contributed by atoms with E-state index in [9.17, 15) is 4.79 Å². The Labute approximate surface area is 100 Å².